The van der Waals surface area contributed by atoms with Gasteiger partial charge in [-0.15, -0.1) is 11.3 Å². The Labute approximate surface area is 113 Å². The summed E-state index contributed by atoms with van der Waals surface area (Å²) in [6.45, 7) is 2.05. The first-order valence-corrected chi connectivity index (χ1v) is 6.80. The van der Waals surface area contributed by atoms with Crippen LogP contribution in [0.3, 0.4) is 0 Å². The van der Waals surface area contributed by atoms with Gasteiger partial charge in [0, 0.05) is 9.35 Å². The molecule has 1 nitrogen and oxygen atoms in total. The third-order valence-electron chi connectivity index (χ3n) is 2.45. The summed E-state index contributed by atoms with van der Waals surface area (Å²) in [5.41, 5.74) is 2.85. The first-order valence-electron chi connectivity index (χ1n) is 5.12. The number of allylic oxidation sites excluding steroid dienone is 1. The minimum absolute atomic E-state index is 0.697. The van der Waals surface area contributed by atoms with Crippen molar-refractivity contribution in [2.45, 2.75) is 6.92 Å². The van der Waals surface area contributed by atoms with E-state index in [1.807, 2.05) is 35.7 Å². The van der Waals surface area contributed by atoms with E-state index in [0.29, 0.717) is 5.57 Å². The molecule has 0 saturated carbocycles. The third-order valence-corrected chi connectivity index (χ3v) is 3.95. The average Bonchev–Trinajstić information content (AvgIpc) is 2.73. The van der Waals surface area contributed by atoms with E-state index >= 15 is 0 Å². The Hall–Kier alpha value is -1.37. The van der Waals surface area contributed by atoms with Crippen molar-refractivity contribution in [2.24, 2.45) is 0 Å². The summed E-state index contributed by atoms with van der Waals surface area (Å²) in [7, 11) is 0. The van der Waals surface area contributed by atoms with Crippen molar-refractivity contribution in [1.82, 2.24) is 0 Å². The van der Waals surface area contributed by atoms with Crippen LogP contribution in [0.2, 0.25) is 0 Å². The van der Waals surface area contributed by atoms with E-state index in [0.717, 1.165) is 14.9 Å². The maximum absolute atomic E-state index is 9.21. The molecule has 1 aromatic heterocycles. The molecule has 0 amide bonds. The average molecular weight is 304 g/mol. The second-order valence-electron chi connectivity index (χ2n) is 3.64. The van der Waals surface area contributed by atoms with E-state index in [2.05, 4.69) is 35.0 Å². The summed E-state index contributed by atoms with van der Waals surface area (Å²) in [5, 5.41) is 11.3. The van der Waals surface area contributed by atoms with E-state index in [1.54, 1.807) is 11.3 Å². The molecule has 0 unspecified atom stereocenters. The highest BCUT2D eigenvalue weighted by molar-refractivity contribution is 9.10. The molecule has 1 aromatic carbocycles. The van der Waals surface area contributed by atoms with Crippen molar-refractivity contribution in [3.05, 3.63) is 56.2 Å². The van der Waals surface area contributed by atoms with Crippen molar-refractivity contribution in [3.8, 4) is 6.07 Å². The van der Waals surface area contributed by atoms with Gasteiger partial charge in [-0.2, -0.15) is 5.26 Å². The highest BCUT2D eigenvalue weighted by Gasteiger charge is 2.03. The van der Waals surface area contributed by atoms with Crippen molar-refractivity contribution < 1.29 is 0 Å². The van der Waals surface area contributed by atoms with Gasteiger partial charge in [-0.05, 0) is 47.7 Å². The third kappa shape index (κ3) is 2.85. The lowest BCUT2D eigenvalue weighted by Crippen LogP contribution is -1.81. The molecule has 0 N–H and O–H groups in total. The minimum Gasteiger partial charge on any atom is -0.192 e. The Morgan fingerprint density at radius 2 is 2.00 bits per heavy atom. The molecule has 0 saturated heterocycles. The van der Waals surface area contributed by atoms with Gasteiger partial charge in [0.05, 0.1) is 11.6 Å². The van der Waals surface area contributed by atoms with Crippen LogP contribution in [0, 0.1) is 18.3 Å². The van der Waals surface area contributed by atoms with Crippen LogP contribution in [0.4, 0.5) is 0 Å². The van der Waals surface area contributed by atoms with E-state index in [9.17, 15) is 5.26 Å². The number of benzene rings is 1. The lowest BCUT2D eigenvalue weighted by molar-refractivity contribution is 1.51. The smallest absolute Gasteiger partial charge is 0.0998 e. The number of hydrogen-bond acceptors (Lipinski definition) is 2. The Morgan fingerprint density at radius 1 is 1.29 bits per heavy atom. The fraction of sp³-hybridized carbons (Fsp3) is 0.0714. The molecule has 17 heavy (non-hydrogen) atoms. The van der Waals surface area contributed by atoms with Crippen LogP contribution >= 0.6 is 27.3 Å². The normalized spacial score (nSPS) is 11.2. The number of halogens is 1. The Kier molecular flexibility index (Phi) is 3.78. The van der Waals surface area contributed by atoms with Crippen LogP contribution in [0.25, 0.3) is 11.6 Å². The molecule has 0 fully saturated rings. The molecule has 1 heterocycles. The molecule has 0 radical (unpaired) electrons. The fourth-order valence-electron chi connectivity index (χ4n) is 1.47. The summed E-state index contributed by atoms with van der Waals surface area (Å²) in [6.07, 6.45) is 1.95. The fourth-order valence-corrected chi connectivity index (χ4v) is 2.60. The second-order valence-corrected chi connectivity index (χ2v) is 5.51. The van der Waals surface area contributed by atoms with Crippen molar-refractivity contribution >= 4 is 38.9 Å². The first-order chi connectivity index (χ1) is 8.20. The van der Waals surface area contributed by atoms with Crippen molar-refractivity contribution in [3.63, 3.8) is 0 Å². The standard InChI is InChI=1S/C14H10BrNS/c1-10-6-7-17-14(10)8-12(9-16)11-2-4-13(15)5-3-11/h2-8H,1H3/b12-8-. The molecule has 2 aromatic rings. The Morgan fingerprint density at radius 3 is 2.53 bits per heavy atom. The SMILES string of the molecule is Cc1ccsc1/C=C(/C#N)c1ccc(Br)cc1. The number of aryl methyl sites for hydroxylation is 1. The molecule has 0 aliphatic rings. The van der Waals surface area contributed by atoms with Crippen LogP contribution in [-0.2, 0) is 0 Å². The van der Waals surface area contributed by atoms with Gasteiger partial charge in [0.15, 0.2) is 0 Å². The van der Waals surface area contributed by atoms with Gasteiger partial charge in [0.25, 0.3) is 0 Å². The Balaban J connectivity index is 2.41. The number of nitrogens with zero attached hydrogens (tertiary/aromatic N) is 1. The van der Waals surface area contributed by atoms with Gasteiger partial charge >= 0.3 is 0 Å². The molecule has 84 valence electrons. The highest BCUT2D eigenvalue weighted by atomic mass is 79.9. The molecule has 0 spiro atoms. The molecule has 0 aliphatic heterocycles. The molecule has 3 heteroatoms. The monoisotopic (exact) mass is 303 g/mol. The molecular formula is C14H10BrNS. The van der Waals surface area contributed by atoms with E-state index < -0.39 is 0 Å². The van der Waals surface area contributed by atoms with Crippen LogP contribution in [0.5, 0.6) is 0 Å². The second kappa shape index (κ2) is 5.31. The molecular weight excluding hydrogens is 294 g/mol. The zero-order valence-corrected chi connectivity index (χ0v) is 11.7. The van der Waals surface area contributed by atoms with Crippen molar-refractivity contribution in [1.29, 1.82) is 5.26 Å². The number of hydrogen-bond donors (Lipinski definition) is 0. The maximum atomic E-state index is 9.21. The zero-order valence-electron chi connectivity index (χ0n) is 9.27. The number of nitriles is 1. The quantitative estimate of drug-likeness (QED) is 0.725. The lowest BCUT2D eigenvalue weighted by Gasteiger charge is -1.99. The van der Waals surface area contributed by atoms with Crippen LogP contribution < -0.4 is 0 Å². The molecule has 0 aliphatic carbocycles. The summed E-state index contributed by atoms with van der Waals surface area (Å²) >= 11 is 5.04. The van der Waals surface area contributed by atoms with Gasteiger partial charge in [-0.25, -0.2) is 0 Å². The van der Waals surface area contributed by atoms with Gasteiger partial charge in [-0.1, -0.05) is 28.1 Å². The van der Waals surface area contributed by atoms with E-state index in [-0.39, 0.29) is 0 Å². The van der Waals surface area contributed by atoms with Crippen LogP contribution in [0.15, 0.2) is 40.2 Å². The lowest BCUT2D eigenvalue weighted by atomic mass is 10.1. The van der Waals surface area contributed by atoms with Gasteiger partial charge in [-0.3, -0.25) is 0 Å². The predicted octanol–water partition coefficient (Wildman–Crippen LogP) is 4.88. The maximum Gasteiger partial charge on any atom is 0.0998 e. The van der Waals surface area contributed by atoms with Crippen LogP contribution in [-0.4, -0.2) is 0 Å². The molecule has 0 bridgehead atoms. The van der Waals surface area contributed by atoms with Crippen LogP contribution in [0.1, 0.15) is 16.0 Å². The van der Waals surface area contributed by atoms with Crippen molar-refractivity contribution in [2.75, 3.05) is 0 Å². The van der Waals surface area contributed by atoms with E-state index in [4.69, 9.17) is 0 Å². The van der Waals surface area contributed by atoms with Gasteiger partial charge in [0.1, 0.15) is 0 Å². The first kappa shape index (κ1) is 12.1. The highest BCUT2D eigenvalue weighted by Crippen LogP contribution is 2.24. The summed E-state index contributed by atoms with van der Waals surface area (Å²) in [4.78, 5) is 1.14. The summed E-state index contributed by atoms with van der Waals surface area (Å²) < 4.78 is 1.02. The molecule has 2 rings (SSSR count). The van der Waals surface area contributed by atoms with Gasteiger partial charge in [0.2, 0.25) is 0 Å². The largest absolute Gasteiger partial charge is 0.192 e. The zero-order chi connectivity index (χ0) is 12.3. The topological polar surface area (TPSA) is 23.8 Å². The Bertz CT molecular complexity index is 587. The number of thiophene rings is 1. The van der Waals surface area contributed by atoms with Gasteiger partial charge < -0.3 is 0 Å². The summed E-state index contributed by atoms with van der Waals surface area (Å²) in [5.74, 6) is 0. The number of rotatable bonds is 2. The summed E-state index contributed by atoms with van der Waals surface area (Å²) in [6, 6.07) is 12.1. The van der Waals surface area contributed by atoms with E-state index in [1.165, 1.54) is 5.56 Å². The predicted molar refractivity (Wildman–Crippen MR) is 76.7 cm³/mol. The molecule has 0 atom stereocenters. The minimum atomic E-state index is 0.697.